The Balaban J connectivity index is 2.77. The van der Waals surface area contributed by atoms with Crippen molar-refractivity contribution in [1.29, 1.82) is 0 Å². The van der Waals surface area contributed by atoms with Crippen molar-refractivity contribution < 1.29 is 4.79 Å². The summed E-state index contributed by atoms with van der Waals surface area (Å²) in [5.41, 5.74) is 0. The second kappa shape index (κ2) is 6.42. The van der Waals surface area contributed by atoms with E-state index in [4.69, 9.17) is 0 Å². The SMILES string of the molecule is C=C[C@H]1CC[C@@H](/C(=N/CC)NC)CN1C(C)=O. The van der Waals surface area contributed by atoms with Gasteiger partial charge >= 0.3 is 0 Å². The van der Waals surface area contributed by atoms with E-state index in [0.717, 1.165) is 31.8 Å². The van der Waals surface area contributed by atoms with Gasteiger partial charge in [0.1, 0.15) is 5.84 Å². The van der Waals surface area contributed by atoms with Crippen LogP contribution < -0.4 is 5.32 Å². The molecule has 0 aromatic rings. The summed E-state index contributed by atoms with van der Waals surface area (Å²) in [6.07, 6.45) is 3.89. The molecule has 4 nitrogen and oxygen atoms in total. The number of amides is 1. The molecule has 1 rings (SSSR count). The molecular formula is C13H23N3O. The molecule has 96 valence electrons. The van der Waals surface area contributed by atoms with Gasteiger partial charge in [0.15, 0.2) is 0 Å². The van der Waals surface area contributed by atoms with Gasteiger partial charge in [-0.15, -0.1) is 6.58 Å². The largest absolute Gasteiger partial charge is 0.377 e. The Morgan fingerprint density at radius 3 is 2.76 bits per heavy atom. The highest BCUT2D eigenvalue weighted by atomic mass is 16.2. The van der Waals surface area contributed by atoms with Crippen molar-refractivity contribution in [3.63, 3.8) is 0 Å². The Hall–Kier alpha value is -1.32. The number of hydrogen-bond acceptors (Lipinski definition) is 2. The molecule has 1 aliphatic rings. The zero-order valence-electron chi connectivity index (χ0n) is 11.1. The average Bonchev–Trinajstić information content (AvgIpc) is 2.35. The Morgan fingerprint density at radius 2 is 2.29 bits per heavy atom. The van der Waals surface area contributed by atoms with E-state index in [0.29, 0.717) is 5.92 Å². The lowest BCUT2D eigenvalue weighted by Gasteiger charge is -2.38. The van der Waals surface area contributed by atoms with Gasteiger partial charge in [0, 0.05) is 39.0 Å². The van der Waals surface area contributed by atoms with E-state index in [-0.39, 0.29) is 11.9 Å². The maximum absolute atomic E-state index is 11.6. The van der Waals surface area contributed by atoms with Gasteiger partial charge in [0.25, 0.3) is 0 Å². The topological polar surface area (TPSA) is 44.7 Å². The van der Waals surface area contributed by atoms with E-state index in [1.165, 1.54) is 0 Å². The van der Waals surface area contributed by atoms with Gasteiger partial charge in [-0.25, -0.2) is 0 Å². The van der Waals surface area contributed by atoms with Gasteiger partial charge in [-0.2, -0.15) is 0 Å². The minimum atomic E-state index is 0.117. The van der Waals surface area contributed by atoms with Crippen LogP contribution in [0, 0.1) is 5.92 Å². The van der Waals surface area contributed by atoms with Crippen LogP contribution in [-0.2, 0) is 4.79 Å². The lowest BCUT2D eigenvalue weighted by molar-refractivity contribution is -0.131. The number of likely N-dealkylation sites (tertiary alicyclic amines) is 1. The van der Waals surface area contributed by atoms with Crippen molar-refractivity contribution in [2.75, 3.05) is 20.1 Å². The van der Waals surface area contributed by atoms with Gasteiger partial charge < -0.3 is 10.2 Å². The van der Waals surface area contributed by atoms with Crippen molar-refractivity contribution in [1.82, 2.24) is 10.2 Å². The first kappa shape index (κ1) is 13.7. The normalized spacial score (nSPS) is 25.6. The van der Waals surface area contributed by atoms with Crippen LogP contribution in [0.5, 0.6) is 0 Å². The minimum absolute atomic E-state index is 0.117. The number of nitrogens with one attached hydrogen (secondary N) is 1. The fraction of sp³-hybridized carbons (Fsp3) is 0.692. The average molecular weight is 237 g/mol. The molecule has 0 spiro atoms. The quantitative estimate of drug-likeness (QED) is 0.458. The molecular weight excluding hydrogens is 214 g/mol. The van der Waals surface area contributed by atoms with Crippen molar-refractivity contribution in [3.05, 3.63) is 12.7 Å². The van der Waals surface area contributed by atoms with E-state index in [1.54, 1.807) is 6.92 Å². The summed E-state index contributed by atoms with van der Waals surface area (Å²) in [4.78, 5) is 17.9. The van der Waals surface area contributed by atoms with Crippen LogP contribution >= 0.6 is 0 Å². The molecule has 0 radical (unpaired) electrons. The fourth-order valence-electron chi connectivity index (χ4n) is 2.40. The van der Waals surface area contributed by atoms with Gasteiger partial charge in [0.05, 0.1) is 0 Å². The predicted molar refractivity (Wildman–Crippen MR) is 71.1 cm³/mol. The van der Waals surface area contributed by atoms with Crippen LogP contribution in [0.25, 0.3) is 0 Å². The van der Waals surface area contributed by atoms with Crippen LogP contribution in [-0.4, -0.2) is 42.8 Å². The predicted octanol–water partition coefficient (Wildman–Crippen LogP) is 1.44. The minimum Gasteiger partial charge on any atom is -0.377 e. The van der Waals surface area contributed by atoms with Gasteiger partial charge in [-0.1, -0.05) is 6.08 Å². The van der Waals surface area contributed by atoms with Crippen LogP contribution in [0.3, 0.4) is 0 Å². The molecule has 4 heteroatoms. The van der Waals surface area contributed by atoms with Gasteiger partial charge in [-0.3, -0.25) is 9.79 Å². The molecule has 0 saturated carbocycles. The van der Waals surface area contributed by atoms with Gasteiger partial charge in [0.2, 0.25) is 5.91 Å². The summed E-state index contributed by atoms with van der Waals surface area (Å²) in [5.74, 6) is 1.47. The summed E-state index contributed by atoms with van der Waals surface area (Å²) in [6, 6.07) is 0.184. The molecule has 0 aromatic heterocycles. The Kier molecular flexibility index (Phi) is 5.19. The highest BCUT2D eigenvalue weighted by Crippen LogP contribution is 2.23. The van der Waals surface area contributed by atoms with Crippen LogP contribution in [0.2, 0.25) is 0 Å². The molecule has 17 heavy (non-hydrogen) atoms. The highest BCUT2D eigenvalue weighted by molar-refractivity contribution is 5.85. The number of nitrogens with zero attached hydrogens (tertiary/aromatic N) is 2. The third-order valence-corrected chi connectivity index (χ3v) is 3.28. The van der Waals surface area contributed by atoms with Crippen molar-refractivity contribution in [2.24, 2.45) is 10.9 Å². The Labute approximate surface area is 104 Å². The number of piperidine rings is 1. The number of hydrogen-bond donors (Lipinski definition) is 1. The lowest BCUT2D eigenvalue weighted by atomic mass is 9.91. The van der Waals surface area contributed by atoms with E-state index in [1.807, 2.05) is 24.9 Å². The van der Waals surface area contributed by atoms with Crippen LogP contribution in [0.4, 0.5) is 0 Å². The highest BCUT2D eigenvalue weighted by Gasteiger charge is 2.30. The molecule has 1 heterocycles. The zero-order chi connectivity index (χ0) is 12.8. The third kappa shape index (κ3) is 3.32. The molecule has 0 bridgehead atoms. The molecule has 0 aromatic carbocycles. The molecule has 2 atom stereocenters. The maximum atomic E-state index is 11.6. The summed E-state index contributed by atoms with van der Waals surface area (Å²) < 4.78 is 0. The first-order chi connectivity index (χ1) is 8.13. The smallest absolute Gasteiger partial charge is 0.219 e. The third-order valence-electron chi connectivity index (χ3n) is 3.28. The molecule has 0 unspecified atom stereocenters. The van der Waals surface area contributed by atoms with E-state index in [9.17, 15) is 4.79 Å². The fourth-order valence-corrected chi connectivity index (χ4v) is 2.40. The summed E-state index contributed by atoms with van der Waals surface area (Å²) in [6.45, 7) is 8.96. The number of carbonyl (C=O) groups is 1. The summed E-state index contributed by atoms with van der Waals surface area (Å²) in [5, 5.41) is 3.15. The Morgan fingerprint density at radius 1 is 1.59 bits per heavy atom. The Bertz CT molecular complexity index is 312. The first-order valence-corrected chi connectivity index (χ1v) is 6.25. The van der Waals surface area contributed by atoms with Gasteiger partial charge in [-0.05, 0) is 19.8 Å². The van der Waals surface area contributed by atoms with Crippen molar-refractivity contribution in [3.8, 4) is 0 Å². The zero-order valence-corrected chi connectivity index (χ0v) is 11.1. The van der Waals surface area contributed by atoms with E-state index in [2.05, 4.69) is 16.9 Å². The van der Waals surface area contributed by atoms with Crippen molar-refractivity contribution >= 4 is 11.7 Å². The number of rotatable bonds is 3. The summed E-state index contributed by atoms with van der Waals surface area (Å²) in [7, 11) is 1.90. The van der Waals surface area contributed by atoms with E-state index < -0.39 is 0 Å². The number of aliphatic imine (C=N–C) groups is 1. The first-order valence-electron chi connectivity index (χ1n) is 6.25. The molecule has 1 aliphatic heterocycles. The monoisotopic (exact) mass is 237 g/mol. The molecule has 1 saturated heterocycles. The number of carbonyl (C=O) groups excluding carboxylic acids is 1. The van der Waals surface area contributed by atoms with Crippen LogP contribution in [0.15, 0.2) is 17.6 Å². The molecule has 0 aliphatic carbocycles. The van der Waals surface area contributed by atoms with Crippen LogP contribution in [0.1, 0.15) is 26.7 Å². The second-order valence-electron chi connectivity index (χ2n) is 4.36. The molecule has 1 N–H and O–H groups in total. The van der Waals surface area contributed by atoms with E-state index >= 15 is 0 Å². The summed E-state index contributed by atoms with van der Waals surface area (Å²) >= 11 is 0. The maximum Gasteiger partial charge on any atom is 0.219 e. The molecule has 1 fully saturated rings. The second-order valence-corrected chi connectivity index (χ2v) is 4.36. The number of amidine groups is 1. The standard InChI is InChI=1S/C13H23N3O/c1-5-12-8-7-11(9-16(12)10(3)17)13(14-4)15-6-2/h5,11-12H,1,6-9H2,2-4H3,(H,14,15)/t11-,12+/m1/s1. The lowest BCUT2D eigenvalue weighted by Crippen LogP contribution is -2.48. The molecule has 1 amide bonds. The van der Waals surface area contributed by atoms with Crippen molar-refractivity contribution in [2.45, 2.75) is 32.7 Å².